The summed E-state index contributed by atoms with van der Waals surface area (Å²) in [6, 6.07) is 1.86. The number of nitriles is 1. The van der Waals surface area contributed by atoms with E-state index >= 15 is 0 Å². The van der Waals surface area contributed by atoms with E-state index in [1.807, 2.05) is 19.9 Å². The first-order valence-corrected chi connectivity index (χ1v) is 6.86. The van der Waals surface area contributed by atoms with E-state index in [9.17, 15) is 9.90 Å². The van der Waals surface area contributed by atoms with Crippen molar-refractivity contribution in [2.75, 3.05) is 11.5 Å². The molecule has 1 aromatic heterocycles. The van der Waals surface area contributed by atoms with Crippen LogP contribution in [0.25, 0.3) is 0 Å². The highest BCUT2D eigenvalue weighted by molar-refractivity contribution is 7.16. The van der Waals surface area contributed by atoms with Gasteiger partial charge in [0.15, 0.2) is 0 Å². The maximum atomic E-state index is 11.4. The maximum Gasteiger partial charge on any atom is 0.415 e. The molecular formula is C12H17N3O3S. The van der Waals surface area contributed by atoms with Crippen LogP contribution < -0.4 is 4.90 Å². The van der Waals surface area contributed by atoms with Crippen molar-refractivity contribution in [1.29, 1.82) is 5.26 Å². The lowest BCUT2D eigenvalue weighted by Gasteiger charge is -2.23. The highest BCUT2D eigenvalue weighted by Gasteiger charge is 2.29. The second-order valence-electron chi connectivity index (χ2n) is 3.82. The zero-order valence-corrected chi connectivity index (χ0v) is 12.0. The summed E-state index contributed by atoms with van der Waals surface area (Å²) >= 11 is 1.26. The van der Waals surface area contributed by atoms with Crippen LogP contribution in [0.15, 0.2) is 0 Å². The van der Waals surface area contributed by atoms with Crippen molar-refractivity contribution in [3.63, 3.8) is 0 Å². The molecule has 0 bridgehead atoms. The zero-order chi connectivity index (χ0) is 14.4. The Hall–Kier alpha value is -1.65. The predicted molar refractivity (Wildman–Crippen MR) is 72.4 cm³/mol. The van der Waals surface area contributed by atoms with E-state index in [1.54, 1.807) is 6.92 Å². The molecule has 0 aliphatic carbocycles. The van der Waals surface area contributed by atoms with Crippen molar-refractivity contribution in [2.24, 2.45) is 0 Å². The van der Waals surface area contributed by atoms with Gasteiger partial charge in [-0.15, -0.1) is 11.3 Å². The Morgan fingerprint density at radius 1 is 1.63 bits per heavy atom. The molecule has 7 heteroatoms. The number of aryl methyl sites for hydroxylation is 2. The Bertz CT molecular complexity index is 481. The molecular weight excluding hydrogens is 266 g/mol. The molecule has 1 aromatic rings. The Labute approximate surface area is 116 Å². The van der Waals surface area contributed by atoms with Crippen LogP contribution in [0.3, 0.4) is 0 Å². The molecule has 0 saturated carbocycles. The lowest BCUT2D eigenvalue weighted by Crippen LogP contribution is -2.40. The summed E-state index contributed by atoms with van der Waals surface area (Å²) in [5.74, 6) is 0. The minimum Gasteiger partial charge on any atom is -0.465 e. The molecule has 19 heavy (non-hydrogen) atoms. The van der Waals surface area contributed by atoms with Gasteiger partial charge < -0.3 is 9.84 Å². The van der Waals surface area contributed by atoms with Crippen LogP contribution in [0.2, 0.25) is 0 Å². The summed E-state index contributed by atoms with van der Waals surface area (Å²) in [6.07, 6.45) is -0.817. The number of nitrogens with zero attached hydrogens (tertiary/aromatic N) is 3. The van der Waals surface area contributed by atoms with E-state index in [1.165, 1.54) is 11.3 Å². The Kier molecular flexibility index (Phi) is 5.73. The number of hydrogen-bond acceptors (Lipinski definition) is 5. The molecule has 0 aliphatic heterocycles. The lowest BCUT2D eigenvalue weighted by molar-refractivity contribution is 0.0951. The summed E-state index contributed by atoms with van der Waals surface area (Å²) in [6.45, 7) is 5.79. The second kappa shape index (κ2) is 7.07. The molecule has 6 nitrogen and oxygen atoms in total. The number of thiazole rings is 1. The normalized spacial score (nSPS) is 11.9. The summed E-state index contributed by atoms with van der Waals surface area (Å²) in [5.41, 5.74) is 0.701. The van der Waals surface area contributed by atoms with Gasteiger partial charge in [0.2, 0.25) is 6.23 Å². The third-order valence-electron chi connectivity index (χ3n) is 2.36. The quantitative estimate of drug-likeness (QED) is 0.811. The lowest BCUT2D eigenvalue weighted by atomic mass is 10.2. The number of hydrogen-bond donors (Lipinski definition) is 1. The third-order valence-corrected chi connectivity index (χ3v) is 3.38. The fraction of sp³-hybridized carbons (Fsp3) is 0.583. The molecule has 1 N–H and O–H groups in total. The van der Waals surface area contributed by atoms with Gasteiger partial charge in [0.25, 0.3) is 0 Å². The smallest absolute Gasteiger partial charge is 0.415 e. The van der Waals surface area contributed by atoms with E-state index in [2.05, 4.69) is 4.98 Å². The topological polar surface area (TPSA) is 86.5 Å². The van der Waals surface area contributed by atoms with Crippen molar-refractivity contribution >= 4 is 22.4 Å². The van der Waals surface area contributed by atoms with Crippen LogP contribution in [0.5, 0.6) is 0 Å². The number of aromatic nitrogens is 1. The number of rotatable bonds is 6. The van der Waals surface area contributed by atoms with Crippen LogP contribution in [0, 0.1) is 18.3 Å². The van der Waals surface area contributed by atoms with Gasteiger partial charge in [-0.05, 0) is 20.3 Å². The first-order valence-electron chi connectivity index (χ1n) is 6.04. The van der Waals surface area contributed by atoms with Gasteiger partial charge in [0.05, 0.1) is 10.7 Å². The van der Waals surface area contributed by atoms with E-state index < -0.39 is 12.3 Å². The maximum absolute atomic E-state index is 11.4. The largest absolute Gasteiger partial charge is 0.465 e. The molecule has 0 aliphatic rings. The monoisotopic (exact) mass is 283 g/mol. The minimum atomic E-state index is -1.21. The number of carbonyl (C=O) groups is 1. The molecule has 1 rings (SSSR count). The molecule has 0 spiro atoms. The van der Waals surface area contributed by atoms with Crippen LogP contribution in [-0.4, -0.2) is 29.0 Å². The van der Waals surface area contributed by atoms with Gasteiger partial charge in [-0.3, -0.25) is 0 Å². The first kappa shape index (κ1) is 15.4. The third kappa shape index (κ3) is 3.66. The standard InChI is InChI=1S/C12H17N3O3S/c1-4-6-9-11(19-8(3)14-9)15(12(16)17)10(7-13)18-5-2/h10H,4-6H2,1-3H3,(H,16,17). The van der Waals surface area contributed by atoms with Gasteiger partial charge in [-0.25, -0.2) is 14.7 Å². The highest BCUT2D eigenvalue weighted by atomic mass is 32.1. The number of anilines is 1. The van der Waals surface area contributed by atoms with Gasteiger partial charge in [0.1, 0.15) is 11.1 Å². The average molecular weight is 283 g/mol. The SMILES string of the molecule is CCCc1nc(C)sc1N(C(=O)O)C(C#N)OCC. The predicted octanol–water partition coefficient (Wildman–Crippen LogP) is 2.77. The van der Waals surface area contributed by atoms with E-state index in [0.29, 0.717) is 17.1 Å². The summed E-state index contributed by atoms with van der Waals surface area (Å²) in [5, 5.41) is 19.7. The number of amides is 1. The Balaban J connectivity index is 3.18. The summed E-state index contributed by atoms with van der Waals surface area (Å²) < 4.78 is 5.17. The second-order valence-corrected chi connectivity index (χ2v) is 5.01. The van der Waals surface area contributed by atoms with E-state index in [4.69, 9.17) is 10.00 Å². The van der Waals surface area contributed by atoms with Crippen molar-refractivity contribution in [3.8, 4) is 6.07 Å². The van der Waals surface area contributed by atoms with Crippen LogP contribution in [-0.2, 0) is 11.2 Å². The molecule has 0 radical (unpaired) electrons. The van der Waals surface area contributed by atoms with Crippen LogP contribution in [0.4, 0.5) is 9.80 Å². The molecule has 0 fully saturated rings. The van der Waals surface area contributed by atoms with Crippen molar-refractivity contribution in [2.45, 2.75) is 39.8 Å². The van der Waals surface area contributed by atoms with Crippen LogP contribution in [0.1, 0.15) is 31.0 Å². The molecule has 1 heterocycles. The summed E-state index contributed by atoms with van der Waals surface area (Å²) in [4.78, 5) is 16.7. The van der Waals surface area contributed by atoms with Gasteiger partial charge in [0, 0.05) is 6.61 Å². The minimum absolute atomic E-state index is 0.267. The van der Waals surface area contributed by atoms with Gasteiger partial charge >= 0.3 is 6.09 Å². The van der Waals surface area contributed by atoms with E-state index in [0.717, 1.165) is 16.3 Å². The number of ether oxygens (including phenoxy) is 1. The zero-order valence-electron chi connectivity index (χ0n) is 11.2. The molecule has 1 amide bonds. The molecule has 104 valence electrons. The van der Waals surface area contributed by atoms with Gasteiger partial charge in [-0.2, -0.15) is 5.26 Å². The number of carboxylic acid groups (broad SMARTS) is 1. The average Bonchev–Trinajstić information content (AvgIpc) is 2.69. The van der Waals surface area contributed by atoms with Gasteiger partial charge in [-0.1, -0.05) is 13.3 Å². The molecule has 1 atom stereocenters. The fourth-order valence-corrected chi connectivity index (χ4v) is 2.64. The fourth-order valence-electron chi connectivity index (χ4n) is 1.67. The Morgan fingerprint density at radius 2 is 2.32 bits per heavy atom. The first-order chi connectivity index (χ1) is 9.04. The van der Waals surface area contributed by atoms with Crippen molar-refractivity contribution < 1.29 is 14.6 Å². The highest BCUT2D eigenvalue weighted by Crippen LogP contribution is 2.31. The van der Waals surface area contributed by atoms with E-state index in [-0.39, 0.29) is 6.61 Å². The molecule has 0 saturated heterocycles. The van der Waals surface area contributed by atoms with Crippen molar-refractivity contribution in [1.82, 2.24) is 4.98 Å². The molecule has 0 aromatic carbocycles. The van der Waals surface area contributed by atoms with Crippen LogP contribution >= 0.6 is 11.3 Å². The summed E-state index contributed by atoms with van der Waals surface area (Å²) in [7, 11) is 0. The Morgan fingerprint density at radius 3 is 2.79 bits per heavy atom. The van der Waals surface area contributed by atoms with Crippen molar-refractivity contribution in [3.05, 3.63) is 10.7 Å². The molecule has 1 unspecified atom stereocenters.